The van der Waals surface area contributed by atoms with Crippen molar-refractivity contribution in [2.24, 2.45) is 5.41 Å². The van der Waals surface area contributed by atoms with Crippen LogP contribution in [0.2, 0.25) is 0 Å². The minimum absolute atomic E-state index is 0.562. The van der Waals surface area contributed by atoms with Gasteiger partial charge in [0.25, 0.3) is 0 Å². The Kier molecular flexibility index (Phi) is 4.47. The van der Waals surface area contributed by atoms with Gasteiger partial charge in [-0.3, -0.25) is 4.90 Å². The summed E-state index contributed by atoms with van der Waals surface area (Å²) >= 11 is 0. The van der Waals surface area contributed by atoms with Gasteiger partial charge in [-0.05, 0) is 68.8 Å². The van der Waals surface area contributed by atoms with Gasteiger partial charge in [0, 0.05) is 25.3 Å². The molecule has 0 radical (unpaired) electrons. The molecule has 0 bridgehead atoms. The topological polar surface area (TPSA) is 25.6 Å². The van der Waals surface area contributed by atoms with Crippen molar-refractivity contribution in [3.63, 3.8) is 0 Å². The van der Waals surface area contributed by atoms with Crippen LogP contribution in [-0.2, 0) is 11.3 Å². The van der Waals surface area contributed by atoms with Crippen molar-refractivity contribution in [1.29, 1.82) is 0 Å². The Labute approximate surface area is 144 Å². The van der Waals surface area contributed by atoms with Crippen LogP contribution >= 0.6 is 0 Å². The summed E-state index contributed by atoms with van der Waals surface area (Å²) in [7, 11) is 0. The molecule has 24 heavy (non-hydrogen) atoms. The van der Waals surface area contributed by atoms with Gasteiger partial charge >= 0.3 is 0 Å². The quantitative estimate of drug-likeness (QED) is 0.821. The van der Waals surface area contributed by atoms with E-state index in [0.717, 1.165) is 31.3 Å². The summed E-state index contributed by atoms with van der Waals surface area (Å²) in [6, 6.07) is 12.8. The zero-order valence-corrected chi connectivity index (χ0v) is 14.6. The van der Waals surface area contributed by atoms with E-state index in [1.165, 1.54) is 49.9 Å². The third-order valence-electron chi connectivity index (χ3n) is 5.89. The van der Waals surface area contributed by atoms with Crippen molar-refractivity contribution in [1.82, 2.24) is 4.90 Å². The Bertz CT molecular complexity index is 675. The summed E-state index contributed by atoms with van der Waals surface area (Å²) in [5.41, 5.74) is 3.17. The van der Waals surface area contributed by atoms with E-state index in [9.17, 15) is 0 Å². The predicted octanol–water partition coefficient (Wildman–Crippen LogP) is 4.65. The maximum Gasteiger partial charge on any atom is 0.134 e. The van der Waals surface area contributed by atoms with Gasteiger partial charge in [0.2, 0.25) is 0 Å². The number of benzene rings is 1. The van der Waals surface area contributed by atoms with E-state index < -0.39 is 0 Å². The molecule has 2 aliphatic rings. The van der Waals surface area contributed by atoms with Gasteiger partial charge in [0.1, 0.15) is 11.5 Å². The fraction of sp³-hybridized carbons (Fsp3) is 0.524. The standard InChI is InChI=1S/C21H27NO2/c1-17-6-7-20(24-17)19-5-3-2-4-18(19)16-22-12-8-21(9-13-22)10-14-23-15-11-21/h2-7H,8-16H2,1H3. The maximum atomic E-state index is 5.86. The van der Waals surface area contributed by atoms with E-state index >= 15 is 0 Å². The Hall–Kier alpha value is -1.58. The molecule has 1 spiro atoms. The number of aryl methyl sites for hydroxylation is 1. The molecule has 0 saturated carbocycles. The molecule has 0 N–H and O–H groups in total. The molecule has 0 unspecified atom stereocenters. The van der Waals surface area contributed by atoms with Crippen molar-refractivity contribution in [2.45, 2.75) is 39.2 Å². The Morgan fingerprint density at radius 1 is 0.958 bits per heavy atom. The predicted molar refractivity (Wildman–Crippen MR) is 95.9 cm³/mol. The van der Waals surface area contributed by atoms with Crippen LogP contribution in [0.5, 0.6) is 0 Å². The molecule has 3 nitrogen and oxygen atoms in total. The molecule has 128 valence electrons. The minimum Gasteiger partial charge on any atom is -0.461 e. The van der Waals surface area contributed by atoms with E-state index in [4.69, 9.17) is 9.15 Å². The van der Waals surface area contributed by atoms with E-state index in [-0.39, 0.29) is 0 Å². The number of rotatable bonds is 3. The molecule has 2 fully saturated rings. The highest BCUT2D eigenvalue weighted by molar-refractivity contribution is 5.62. The van der Waals surface area contributed by atoms with E-state index in [0.29, 0.717) is 5.41 Å². The summed E-state index contributed by atoms with van der Waals surface area (Å²) in [5.74, 6) is 1.96. The van der Waals surface area contributed by atoms with Crippen LogP contribution in [0.15, 0.2) is 40.8 Å². The molecule has 0 atom stereocenters. The molecule has 3 heterocycles. The Balaban J connectivity index is 1.45. The van der Waals surface area contributed by atoms with Crippen molar-refractivity contribution in [3.8, 4) is 11.3 Å². The lowest BCUT2D eigenvalue weighted by Gasteiger charge is -2.44. The summed E-state index contributed by atoms with van der Waals surface area (Å²) in [4.78, 5) is 2.61. The SMILES string of the molecule is Cc1ccc(-c2ccccc2CN2CCC3(CCOCC3)CC2)o1. The highest BCUT2D eigenvalue weighted by Crippen LogP contribution is 2.41. The van der Waals surface area contributed by atoms with Crippen LogP contribution < -0.4 is 0 Å². The van der Waals surface area contributed by atoms with Gasteiger partial charge < -0.3 is 9.15 Å². The number of furan rings is 1. The first-order valence-corrected chi connectivity index (χ1v) is 9.19. The van der Waals surface area contributed by atoms with Gasteiger partial charge in [-0.15, -0.1) is 0 Å². The van der Waals surface area contributed by atoms with Crippen LogP contribution in [-0.4, -0.2) is 31.2 Å². The zero-order valence-electron chi connectivity index (χ0n) is 14.6. The van der Waals surface area contributed by atoms with Gasteiger partial charge in [-0.25, -0.2) is 0 Å². The van der Waals surface area contributed by atoms with Crippen molar-refractivity contribution >= 4 is 0 Å². The number of hydrogen-bond acceptors (Lipinski definition) is 3. The maximum absolute atomic E-state index is 5.86. The lowest BCUT2D eigenvalue weighted by Crippen LogP contribution is -2.42. The van der Waals surface area contributed by atoms with Crippen molar-refractivity contribution < 1.29 is 9.15 Å². The van der Waals surface area contributed by atoms with Gasteiger partial charge in [-0.2, -0.15) is 0 Å². The Morgan fingerprint density at radius 3 is 2.42 bits per heavy atom. The number of nitrogens with zero attached hydrogens (tertiary/aromatic N) is 1. The number of piperidine rings is 1. The fourth-order valence-electron chi connectivity index (χ4n) is 4.21. The summed E-state index contributed by atoms with van der Waals surface area (Å²) in [6.45, 7) is 7.34. The van der Waals surface area contributed by atoms with Gasteiger partial charge in [0.15, 0.2) is 0 Å². The normalized spacial score (nSPS) is 21.2. The average Bonchev–Trinajstić information content (AvgIpc) is 3.05. The van der Waals surface area contributed by atoms with Crippen molar-refractivity contribution in [3.05, 3.63) is 47.7 Å². The summed E-state index contributed by atoms with van der Waals surface area (Å²) in [5, 5.41) is 0. The second-order valence-corrected chi connectivity index (χ2v) is 7.46. The molecular weight excluding hydrogens is 298 g/mol. The third kappa shape index (κ3) is 3.28. The van der Waals surface area contributed by atoms with Gasteiger partial charge in [0.05, 0.1) is 0 Å². The van der Waals surface area contributed by atoms with E-state index in [1.807, 2.05) is 13.0 Å². The molecule has 2 saturated heterocycles. The van der Waals surface area contributed by atoms with Crippen LogP contribution in [0.3, 0.4) is 0 Å². The highest BCUT2D eigenvalue weighted by atomic mass is 16.5. The highest BCUT2D eigenvalue weighted by Gasteiger charge is 2.35. The molecule has 1 aromatic heterocycles. The molecule has 2 aromatic rings. The van der Waals surface area contributed by atoms with Crippen LogP contribution in [0.1, 0.15) is 37.0 Å². The molecule has 3 heteroatoms. The first-order chi connectivity index (χ1) is 11.7. The first-order valence-electron chi connectivity index (χ1n) is 9.19. The van der Waals surface area contributed by atoms with Crippen LogP contribution in [0.4, 0.5) is 0 Å². The fourth-order valence-corrected chi connectivity index (χ4v) is 4.21. The summed E-state index contributed by atoms with van der Waals surface area (Å²) in [6.07, 6.45) is 5.14. The molecule has 0 aliphatic carbocycles. The zero-order chi connectivity index (χ0) is 16.4. The second kappa shape index (κ2) is 6.73. The number of likely N-dealkylation sites (tertiary alicyclic amines) is 1. The first kappa shape index (κ1) is 15.9. The molecular formula is C21H27NO2. The Morgan fingerprint density at radius 2 is 1.71 bits per heavy atom. The average molecular weight is 325 g/mol. The summed E-state index contributed by atoms with van der Waals surface area (Å²) < 4.78 is 11.4. The lowest BCUT2D eigenvalue weighted by molar-refractivity contribution is -0.0217. The largest absolute Gasteiger partial charge is 0.461 e. The molecule has 4 rings (SSSR count). The van der Waals surface area contributed by atoms with E-state index in [1.54, 1.807) is 0 Å². The number of ether oxygens (including phenoxy) is 1. The van der Waals surface area contributed by atoms with Crippen LogP contribution in [0, 0.1) is 12.3 Å². The number of hydrogen-bond donors (Lipinski definition) is 0. The van der Waals surface area contributed by atoms with Crippen molar-refractivity contribution in [2.75, 3.05) is 26.3 Å². The van der Waals surface area contributed by atoms with Gasteiger partial charge in [-0.1, -0.05) is 24.3 Å². The third-order valence-corrected chi connectivity index (χ3v) is 5.89. The molecule has 0 amide bonds. The minimum atomic E-state index is 0.562. The molecule has 2 aliphatic heterocycles. The smallest absolute Gasteiger partial charge is 0.134 e. The second-order valence-electron chi connectivity index (χ2n) is 7.46. The van der Waals surface area contributed by atoms with E-state index in [2.05, 4.69) is 35.2 Å². The lowest BCUT2D eigenvalue weighted by atomic mass is 9.72. The van der Waals surface area contributed by atoms with Crippen LogP contribution in [0.25, 0.3) is 11.3 Å². The molecule has 1 aromatic carbocycles. The monoisotopic (exact) mass is 325 g/mol.